The third-order valence-corrected chi connectivity index (χ3v) is 3.09. The summed E-state index contributed by atoms with van der Waals surface area (Å²) in [6, 6.07) is 7.76. The highest BCUT2D eigenvalue weighted by atomic mass is 79.9. The first kappa shape index (κ1) is 11.1. The summed E-state index contributed by atoms with van der Waals surface area (Å²) in [5.74, 6) is 0. The second kappa shape index (κ2) is 5.07. The van der Waals surface area contributed by atoms with Gasteiger partial charge in [0.1, 0.15) is 6.23 Å². The third-order valence-electron chi connectivity index (χ3n) is 2.56. The lowest BCUT2D eigenvalue weighted by molar-refractivity contribution is -0.0603. The number of morpholine rings is 1. The molecule has 1 unspecified atom stereocenters. The van der Waals surface area contributed by atoms with Crippen molar-refractivity contribution in [3.63, 3.8) is 0 Å². The van der Waals surface area contributed by atoms with E-state index in [0.29, 0.717) is 13.2 Å². The van der Waals surface area contributed by atoms with Gasteiger partial charge in [0.15, 0.2) is 0 Å². The minimum absolute atomic E-state index is 0.512. The van der Waals surface area contributed by atoms with E-state index < -0.39 is 6.23 Å². The van der Waals surface area contributed by atoms with Gasteiger partial charge in [-0.1, -0.05) is 28.1 Å². The van der Waals surface area contributed by atoms with Crippen molar-refractivity contribution < 1.29 is 9.84 Å². The fourth-order valence-electron chi connectivity index (χ4n) is 1.67. The zero-order chi connectivity index (χ0) is 10.7. The molecule has 1 aliphatic heterocycles. The van der Waals surface area contributed by atoms with Gasteiger partial charge in [0.2, 0.25) is 0 Å². The van der Waals surface area contributed by atoms with Crippen molar-refractivity contribution in [2.75, 3.05) is 26.3 Å². The number of halogens is 1. The molecular formula is C11H14BrNO2. The van der Waals surface area contributed by atoms with E-state index in [1.165, 1.54) is 0 Å². The first-order valence-electron chi connectivity index (χ1n) is 5.03. The fourth-order valence-corrected chi connectivity index (χ4v) is 1.93. The molecule has 0 aliphatic carbocycles. The summed E-state index contributed by atoms with van der Waals surface area (Å²) in [7, 11) is 0. The summed E-state index contributed by atoms with van der Waals surface area (Å²) in [5, 5.41) is 10.1. The van der Waals surface area contributed by atoms with Crippen LogP contribution in [0.1, 0.15) is 11.8 Å². The Hall–Kier alpha value is -0.420. The van der Waals surface area contributed by atoms with E-state index in [-0.39, 0.29) is 0 Å². The lowest BCUT2D eigenvalue weighted by Crippen LogP contribution is -2.38. The largest absolute Gasteiger partial charge is 0.379 e. The highest BCUT2D eigenvalue weighted by Crippen LogP contribution is 2.20. The highest BCUT2D eigenvalue weighted by molar-refractivity contribution is 9.10. The molecule has 3 nitrogen and oxygen atoms in total. The number of benzene rings is 1. The summed E-state index contributed by atoms with van der Waals surface area (Å²) in [5.41, 5.74) is 0.931. The van der Waals surface area contributed by atoms with Crippen LogP contribution in [0.4, 0.5) is 0 Å². The van der Waals surface area contributed by atoms with Crippen molar-refractivity contribution in [2.45, 2.75) is 6.23 Å². The van der Waals surface area contributed by atoms with Crippen LogP contribution in [0.15, 0.2) is 28.7 Å². The van der Waals surface area contributed by atoms with E-state index in [9.17, 15) is 5.11 Å². The molecule has 1 aliphatic rings. The van der Waals surface area contributed by atoms with Crippen molar-refractivity contribution in [3.8, 4) is 0 Å². The number of hydrogen-bond donors (Lipinski definition) is 1. The molecule has 1 aromatic rings. The molecule has 0 radical (unpaired) electrons. The molecular weight excluding hydrogens is 258 g/mol. The second-order valence-corrected chi connectivity index (χ2v) is 4.49. The maximum Gasteiger partial charge on any atom is 0.133 e. The zero-order valence-electron chi connectivity index (χ0n) is 8.40. The van der Waals surface area contributed by atoms with Crippen LogP contribution >= 0.6 is 15.9 Å². The van der Waals surface area contributed by atoms with Crippen molar-refractivity contribution in [1.82, 2.24) is 4.90 Å². The lowest BCUT2D eigenvalue weighted by Gasteiger charge is -2.31. The predicted molar refractivity (Wildman–Crippen MR) is 61.5 cm³/mol. The molecule has 82 valence electrons. The van der Waals surface area contributed by atoms with Crippen LogP contribution in [0.2, 0.25) is 0 Å². The molecule has 1 fully saturated rings. The van der Waals surface area contributed by atoms with E-state index >= 15 is 0 Å². The van der Waals surface area contributed by atoms with Gasteiger partial charge in [-0.25, -0.2) is 0 Å². The number of hydrogen-bond acceptors (Lipinski definition) is 3. The third kappa shape index (κ3) is 2.78. The summed E-state index contributed by atoms with van der Waals surface area (Å²) in [4.78, 5) is 2.02. The second-order valence-electron chi connectivity index (χ2n) is 3.57. The maximum absolute atomic E-state index is 10.1. The molecule has 0 bridgehead atoms. The quantitative estimate of drug-likeness (QED) is 0.890. The maximum atomic E-state index is 10.1. The molecule has 4 heteroatoms. The van der Waals surface area contributed by atoms with Crippen LogP contribution in [0.5, 0.6) is 0 Å². The topological polar surface area (TPSA) is 32.7 Å². The van der Waals surface area contributed by atoms with Gasteiger partial charge in [-0.3, -0.25) is 4.90 Å². The standard InChI is InChI=1S/C11H14BrNO2/c12-10-3-1-9(2-4-10)11(14)13-5-7-15-8-6-13/h1-4,11,14H,5-8H2. The van der Waals surface area contributed by atoms with E-state index in [1.807, 2.05) is 29.2 Å². The average molecular weight is 272 g/mol. The Balaban J connectivity index is 2.05. The number of aliphatic hydroxyl groups excluding tert-OH is 1. The summed E-state index contributed by atoms with van der Waals surface area (Å²) < 4.78 is 6.27. The first-order valence-corrected chi connectivity index (χ1v) is 5.82. The molecule has 15 heavy (non-hydrogen) atoms. The van der Waals surface area contributed by atoms with Gasteiger partial charge < -0.3 is 9.84 Å². The predicted octanol–water partition coefficient (Wildman–Crippen LogP) is 1.77. The van der Waals surface area contributed by atoms with Gasteiger partial charge in [-0.15, -0.1) is 0 Å². The summed E-state index contributed by atoms with van der Waals surface area (Å²) in [6.07, 6.45) is -0.512. The number of rotatable bonds is 2. The molecule has 1 N–H and O–H groups in total. The first-order chi connectivity index (χ1) is 7.27. The van der Waals surface area contributed by atoms with Gasteiger partial charge in [0.25, 0.3) is 0 Å². The SMILES string of the molecule is OC(c1ccc(Br)cc1)N1CCOCC1. The molecule has 1 aromatic carbocycles. The smallest absolute Gasteiger partial charge is 0.133 e. The molecule has 0 saturated carbocycles. The van der Waals surface area contributed by atoms with Crippen molar-refractivity contribution in [2.24, 2.45) is 0 Å². The van der Waals surface area contributed by atoms with Crippen molar-refractivity contribution in [1.29, 1.82) is 0 Å². The zero-order valence-corrected chi connectivity index (χ0v) is 9.98. The van der Waals surface area contributed by atoms with E-state index in [0.717, 1.165) is 23.1 Å². The van der Waals surface area contributed by atoms with Gasteiger partial charge >= 0.3 is 0 Å². The van der Waals surface area contributed by atoms with Crippen LogP contribution in [-0.2, 0) is 4.74 Å². The fraction of sp³-hybridized carbons (Fsp3) is 0.455. The van der Waals surface area contributed by atoms with Gasteiger partial charge in [0, 0.05) is 17.6 Å². The Labute approximate surface area is 97.8 Å². The average Bonchev–Trinajstić information content (AvgIpc) is 2.30. The minimum Gasteiger partial charge on any atom is -0.379 e. The van der Waals surface area contributed by atoms with Crippen LogP contribution in [0.25, 0.3) is 0 Å². The molecule has 0 amide bonds. The molecule has 1 saturated heterocycles. The Kier molecular flexibility index (Phi) is 3.75. The number of nitrogens with zero attached hydrogens (tertiary/aromatic N) is 1. The molecule has 0 spiro atoms. The Bertz CT molecular complexity index is 309. The minimum atomic E-state index is -0.512. The number of aliphatic hydroxyl groups is 1. The summed E-state index contributed by atoms with van der Waals surface area (Å²) in [6.45, 7) is 2.98. The van der Waals surface area contributed by atoms with Gasteiger partial charge in [-0.2, -0.15) is 0 Å². The van der Waals surface area contributed by atoms with Crippen molar-refractivity contribution in [3.05, 3.63) is 34.3 Å². The van der Waals surface area contributed by atoms with Gasteiger partial charge in [-0.05, 0) is 17.7 Å². The van der Waals surface area contributed by atoms with Crippen molar-refractivity contribution >= 4 is 15.9 Å². The molecule has 1 atom stereocenters. The van der Waals surface area contributed by atoms with Crippen LogP contribution in [0, 0.1) is 0 Å². The monoisotopic (exact) mass is 271 g/mol. The molecule has 1 heterocycles. The normalized spacial score (nSPS) is 20.1. The van der Waals surface area contributed by atoms with Crippen LogP contribution in [0.3, 0.4) is 0 Å². The molecule has 0 aromatic heterocycles. The Morgan fingerprint density at radius 3 is 2.40 bits per heavy atom. The van der Waals surface area contributed by atoms with E-state index in [4.69, 9.17) is 4.74 Å². The summed E-state index contributed by atoms with van der Waals surface area (Å²) >= 11 is 3.38. The van der Waals surface area contributed by atoms with Gasteiger partial charge in [0.05, 0.1) is 13.2 Å². The van der Waals surface area contributed by atoms with Crippen LogP contribution in [-0.4, -0.2) is 36.3 Å². The van der Waals surface area contributed by atoms with E-state index in [2.05, 4.69) is 15.9 Å². The van der Waals surface area contributed by atoms with Crippen LogP contribution < -0.4 is 0 Å². The lowest BCUT2D eigenvalue weighted by atomic mass is 10.2. The van der Waals surface area contributed by atoms with E-state index in [1.54, 1.807) is 0 Å². The Morgan fingerprint density at radius 1 is 1.20 bits per heavy atom. The highest BCUT2D eigenvalue weighted by Gasteiger charge is 2.19. The Morgan fingerprint density at radius 2 is 1.80 bits per heavy atom. The number of ether oxygens (including phenoxy) is 1. The molecule has 2 rings (SSSR count).